The lowest BCUT2D eigenvalue weighted by Crippen LogP contribution is -2.27. The van der Waals surface area contributed by atoms with Crippen molar-refractivity contribution in [1.29, 1.82) is 0 Å². The standard InChI is InChI=1S/C19H19ClN2O/c1-14(15-7-3-5-9-17(15)20)12-23-19-10-6-4-8-16(19)18-11-21-13-22(18)2/h3-11,13-14H,12H2,1-2H3/p+1. The Kier molecular flexibility index (Phi) is 4.68. The molecule has 1 heterocycles. The van der Waals surface area contributed by atoms with Crippen LogP contribution in [0.5, 0.6) is 5.75 Å². The van der Waals surface area contributed by atoms with Gasteiger partial charge >= 0.3 is 0 Å². The zero-order valence-electron chi connectivity index (χ0n) is 13.3. The second kappa shape index (κ2) is 6.88. The van der Waals surface area contributed by atoms with Gasteiger partial charge in [-0.15, -0.1) is 0 Å². The molecule has 0 saturated heterocycles. The van der Waals surface area contributed by atoms with Crippen molar-refractivity contribution in [3.8, 4) is 17.0 Å². The van der Waals surface area contributed by atoms with Crippen LogP contribution in [-0.4, -0.2) is 11.6 Å². The van der Waals surface area contributed by atoms with E-state index in [1.165, 1.54) is 0 Å². The Bertz CT molecular complexity index is 797. The molecule has 3 nitrogen and oxygen atoms in total. The van der Waals surface area contributed by atoms with Crippen molar-refractivity contribution in [3.05, 3.63) is 71.6 Å². The lowest BCUT2D eigenvalue weighted by Gasteiger charge is -2.16. The minimum atomic E-state index is 0.219. The van der Waals surface area contributed by atoms with Crippen LogP contribution in [0.2, 0.25) is 5.02 Å². The highest BCUT2D eigenvalue weighted by Gasteiger charge is 2.15. The maximum absolute atomic E-state index is 6.27. The molecular formula is C19H20ClN2O+. The van der Waals surface area contributed by atoms with E-state index < -0.39 is 0 Å². The molecule has 1 unspecified atom stereocenters. The van der Waals surface area contributed by atoms with E-state index in [-0.39, 0.29) is 5.92 Å². The average Bonchev–Trinajstić information content (AvgIpc) is 2.99. The van der Waals surface area contributed by atoms with E-state index >= 15 is 0 Å². The fourth-order valence-corrected chi connectivity index (χ4v) is 2.97. The third-order valence-corrected chi connectivity index (χ3v) is 4.30. The molecule has 3 aromatic rings. The van der Waals surface area contributed by atoms with Crippen molar-refractivity contribution in [2.45, 2.75) is 12.8 Å². The molecule has 1 atom stereocenters. The molecule has 1 N–H and O–H groups in total. The third kappa shape index (κ3) is 3.40. The van der Waals surface area contributed by atoms with Crippen LogP contribution in [0, 0.1) is 0 Å². The zero-order valence-corrected chi connectivity index (χ0v) is 14.0. The summed E-state index contributed by atoms with van der Waals surface area (Å²) in [6, 6.07) is 16.0. The maximum atomic E-state index is 6.27. The number of ether oxygens (including phenoxy) is 1. The van der Waals surface area contributed by atoms with Gasteiger partial charge in [-0.05, 0) is 23.8 Å². The van der Waals surface area contributed by atoms with E-state index in [1.54, 1.807) is 0 Å². The van der Waals surface area contributed by atoms with Crippen LogP contribution < -0.4 is 9.30 Å². The Hall–Kier alpha value is -2.26. The van der Waals surface area contributed by atoms with Crippen LogP contribution in [0.4, 0.5) is 0 Å². The first-order valence-electron chi connectivity index (χ1n) is 7.66. The molecule has 0 aliphatic heterocycles. The minimum absolute atomic E-state index is 0.219. The van der Waals surface area contributed by atoms with Crippen LogP contribution in [0.25, 0.3) is 11.3 Å². The molecule has 0 amide bonds. The Morgan fingerprint density at radius 3 is 2.61 bits per heavy atom. The number of benzene rings is 2. The van der Waals surface area contributed by atoms with Gasteiger partial charge in [0.05, 0.1) is 19.2 Å². The summed E-state index contributed by atoms with van der Waals surface area (Å²) in [5.74, 6) is 1.10. The van der Waals surface area contributed by atoms with Crippen molar-refractivity contribution in [2.24, 2.45) is 7.05 Å². The third-order valence-electron chi connectivity index (χ3n) is 3.96. The first kappa shape index (κ1) is 15.6. The molecule has 118 valence electrons. The van der Waals surface area contributed by atoms with Crippen LogP contribution in [0.1, 0.15) is 18.4 Å². The van der Waals surface area contributed by atoms with Gasteiger partial charge < -0.3 is 4.74 Å². The number of imidazole rings is 1. The molecule has 0 saturated carbocycles. The van der Waals surface area contributed by atoms with Crippen molar-refractivity contribution in [3.63, 3.8) is 0 Å². The molecule has 4 heteroatoms. The number of hydrogen-bond acceptors (Lipinski definition) is 1. The minimum Gasteiger partial charge on any atom is -0.492 e. The summed E-state index contributed by atoms with van der Waals surface area (Å²) in [5, 5.41) is 0.786. The van der Waals surface area contributed by atoms with Crippen molar-refractivity contribution in [2.75, 3.05) is 6.61 Å². The second-order valence-corrected chi connectivity index (χ2v) is 6.07. The van der Waals surface area contributed by atoms with E-state index in [1.807, 2.05) is 60.5 Å². The first-order chi connectivity index (χ1) is 11.2. The molecular weight excluding hydrogens is 308 g/mol. The number of aryl methyl sites for hydroxylation is 1. The fourth-order valence-electron chi connectivity index (χ4n) is 2.65. The van der Waals surface area contributed by atoms with Crippen LogP contribution in [0.3, 0.4) is 0 Å². The molecule has 0 aliphatic carbocycles. The molecule has 0 fully saturated rings. The first-order valence-corrected chi connectivity index (χ1v) is 8.03. The fraction of sp³-hybridized carbons (Fsp3) is 0.211. The molecule has 0 aliphatic rings. The molecule has 0 bridgehead atoms. The summed E-state index contributed by atoms with van der Waals surface area (Å²) >= 11 is 6.27. The lowest BCUT2D eigenvalue weighted by atomic mass is 10.0. The smallest absolute Gasteiger partial charge is 0.241 e. The summed E-state index contributed by atoms with van der Waals surface area (Å²) in [6.07, 6.45) is 3.89. The van der Waals surface area contributed by atoms with E-state index in [2.05, 4.69) is 24.0 Å². The number of rotatable bonds is 5. The summed E-state index contributed by atoms with van der Waals surface area (Å²) in [6.45, 7) is 2.70. The molecule has 3 rings (SSSR count). The summed E-state index contributed by atoms with van der Waals surface area (Å²) in [5.41, 5.74) is 3.27. The monoisotopic (exact) mass is 327 g/mol. The lowest BCUT2D eigenvalue weighted by molar-refractivity contribution is -0.659. The molecule has 2 aromatic carbocycles. The summed E-state index contributed by atoms with van der Waals surface area (Å²) < 4.78 is 8.14. The highest BCUT2D eigenvalue weighted by molar-refractivity contribution is 6.31. The number of aromatic nitrogens is 2. The number of H-pyrrole nitrogens is 1. The van der Waals surface area contributed by atoms with Gasteiger partial charge in [0.15, 0.2) is 5.69 Å². The largest absolute Gasteiger partial charge is 0.492 e. The Balaban J connectivity index is 1.79. The normalized spacial score (nSPS) is 12.1. The van der Waals surface area contributed by atoms with Gasteiger partial charge in [-0.25, -0.2) is 9.55 Å². The highest BCUT2D eigenvalue weighted by atomic mass is 35.5. The summed E-state index contributed by atoms with van der Waals surface area (Å²) in [4.78, 5) is 3.11. The SMILES string of the molecule is CC(COc1ccccc1-c1c[nH]c[n+]1C)c1ccccc1Cl. The van der Waals surface area contributed by atoms with E-state index in [9.17, 15) is 0 Å². The van der Waals surface area contributed by atoms with Crippen LogP contribution >= 0.6 is 11.6 Å². The Morgan fingerprint density at radius 2 is 1.87 bits per heavy atom. The Morgan fingerprint density at radius 1 is 1.13 bits per heavy atom. The van der Waals surface area contributed by atoms with E-state index in [0.29, 0.717) is 6.61 Å². The molecule has 23 heavy (non-hydrogen) atoms. The van der Waals surface area contributed by atoms with Gasteiger partial charge in [-0.3, -0.25) is 0 Å². The van der Waals surface area contributed by atoms with Gasteiger partial charge in [0.2, 0.25) is 6.33 Å². The molecule has 0 spiro atoms. The predicted octanol–water partition coefficient (Wildman–Crippen LogP) is 4.34. The van der Waals surface area contributed by atoms with E-state index in [4.69, 9.17) is 16.3 Å². The van der Waals surface area contributed by atoms with Crippen molar-refractivity contribution < 1.29 is 9.30 Å². The van der Waals surface area contributed by atoms with Gasteiger partial charge in [0.25, 0.3) is 0 Å². The quantitative estimate of drug-likeness (QED) is 0.694. The van der Waals surface area contributed by atoms with Gasteiger partial charge in [0, 0.05) is 10.9 Å². The average molecular weight is 328 g/mol. The number of aromatic amines is 1. The number of nitrogens with zero attached hydrogens (tertiary/aromatic N) is 1. The highest BCUT2D eigenvalue weighted by Crippen LogP contribution is 2.29. The number of para-hydroxylation sites is 1. The van der Waals surface area contributed by atoms with Crippen LogP contribution in [-0.2, 0) is 7.05 Å². The number of halogens is 1. The van der Waals surface area contributed by atoms with Gasteiger partial charge in [0.1, 0.15) is 11.9 Å². The molecule has 0 radical (unpaired) electrons. The topological polar surface area (TPSA) is 28.9 Å². The molecule has 1 aromatic heterocycles. The van der Waals surface area contributed by atoms with Crippen molar-refractivity contribution in [1.82, 2.24) is 4.98 Å². The van der Waals surface area contributed by atoms with Gasteiger partial charge in [-0.2, -0.15) is 0 Å². The van der Waals surface area contributed by atoms with E-state index in [0.717, 1.165) is 27.6 Å². The maximum Gasteiger partial charge on any atom is 0.241 e. The number of nitrogens with one attached hydrogen (secondary N) is 1. The van der Waals surface area contributed by atoms with Gasteiger partial charge in [-0.1, -0.05) is 48.9 Å². The summed E-state index contributed by atoms with van der Waals surface area (Å²) in [7, 11) is 2.01. The van der Waals surface area contributed by atoms with Crippen LogP contribution in [0.15, 0.2) is 61.1 Å². The predicted molar refractivity (Wildman–Crippen MR) is 92.8 cm³/mol. The second-order valence-electron chi connectivity index (χ2n) is 5.67. The Labute approximate surface area is 141 Å². The van der Waals surface area contributed by atoms with Crippen molar-refractivity contribution >= 4 is 11.6 Å². The number of hydrogen-bond donors (Lipinski definition) is 1. The zero-order chi connectivity index (χ0) is 16.2.